The lowest BCUT2D eigenvalue weighted by atomic mass is 10.1. The van der Waals surface area contributed by atoms with Gasteiger partial charge >= 0.3 is 0 Å². The fraction of sp³-hybridized carbons (Fsp3) is 0.100. The number of hydrogen-bond acceptors (Lipinski definition) is 7. The molecule has 0 spiro atoms. The fourth-order valence-electron chi connectivity index (χ4n) is 4.01. The summed E-state index contributed by atoms with van der Waals surface area (Å²) in [6.07, 6.45) is 1.53. The zero-order valence-corrected chi connectivity index (χ0v) is 21.9. The van der Waals surface area contributed by atoms with Gasteiger partial charge in [-0.25, -0.2) is 5.43 Å². The normalized spacial score (nSPS) is 11.0. The number of nitrogens with one attached hydrogen (secondary N) is 2. The first-order valence-corrected chi connectivity index (χ1v) is 13.1. The molecule has 0 aliphatic rings. The maximum atomic E-state index is 12.5. The van der Waals surface area contributed by atoms with Gasteiger partial charge in [0.15, 0.2) is 0 Å². The van der Waals surface area contributed by atoms with E-state index in [-0.39, 0.29) is 18.2 Å². The number of hydrazone groups is 1. The number of amides is 2. The second-order valence-electron chi connectivity index (χ2n) is 8.70. The van der Waals surface area contributed by atoms with E-state index >= 15 is 0 Å². The van der Waals surface area contributed by atoms with Gasteiger partial charge in [-0.2, -0.15) is 5.10 Å². The molecular weight excluding hydrogens is 510 g/mol. The van der Waals surface area contributed by atoms with Crippen LogP contribution in [-0.4, -0.2) is 28.2 Å². The molecule has 39 heavy (non-hydrogen) atoms. The molecule has 0 saturated heterocycles. The predicted molar refractivity (Wildman–Crippen MR) is 153 cm³/mol. The van der Waals surface area contributed by atoms with Gasteiger partial charge in [0.25, 0.3) is 5.91 Å². The van der Waals surface area contributed by atoms with E-state index in [2.05, 4.69) is 44.2 Å². The Hall–Kier alpha value is -4.89. The number of carbonyl (C=O) groups excluding carboxylic acids is 2. The Balaban J connectivity index is 1.16. The van der Waals surface area contributed by atoms with Crippen LogP contribution in [0, 0.1) is 6.92 Å². The molecule has 1 aromatic heterocycles. The third kappa shape index (κ3) is 6.52. The van der Waals surface area contributed by atoms with Gasteiger partial charge in [0, 0.05) is 11.1 Å². The van der Waals surface area contributed by atoms with E-state index in [1.54, 1.807) is 18.3 Å². The lowest BCUT2D eigenvalue weighted by Gasteiger charge is -2.11. The topological polar surface area (TPSA) is 106 Å². The zero-order chi connectivity index (χ0) is 27.0. The lowest BCUT2D eigenvalue weighted by molar-refractivity contribution is -0.120. The Morgan fingerprint density at radius 1 is 0.923 bits per heavy atom. The summed E-state index contributed by atoms with van der Waals surface area (Å²) in [5, 5.41) is 17.9. The molecule has 1 heterocycles. The summed E-state index contributed by atoms with van der Waals surface area (Å²) in [6, 6.07) is 29.1. The summed E-state index contributed by atoms with van der Waals surface area (Å²) < 4.78 is 6.10. The Kier molecular flexibility index (Phi) is 7.99. The summed E-state index contributed by atoms with van der Waals surface area (Å²) >= 11 is 1.14. The van der Waals surface area contributed by atoms with Crippen LogP contribution >= 0.6 is 11.3 Å². The number of carbonyl (C=O) groups is 2. The number of para-hydroxylation sites is 1. The fourth-order valence-corrected chi connectivity index (χ4v) is 4.74. The number of anilines is 1. The Bertz CT molecular complexity index is 1660. The van der Waals surface area contributed by atoms with E-state index in [4.69, 9.17) is 4.74 Å². The average Bonchev–Trinajstić information content (AvgIpc) is 3.39. The molecule has 0 bridgehead atoms. The maximum Gasteiger partial charge on any atom is 0.257 e. The number of aryl methyl sites for hydroxylation is 1. The molecule has 0 radical (unpaired) electrons. The van der Waals surface area contributed by atoms with E-state index in [0.29, 0.717) is 28.1 Å². The number of hydrogen-bond donors (Lipinski definition) is 2. The molecule has 0 aliphatic carbocycles. The number of fused-ring (bicyclic) bond motifs is 1. The molecule has 0 fully saturated rings. The minimum atomic E-state index is -0.353. The number of benzene rings is 4. The van der Waals surface area contributed by atoms with Crippen molar-refractivity contribution in [2.75, 3.05) is 5.32 Å². The summed E-state index contributed by atoms with van der Waals surface area (Å²) in [6.45, 7) is 2.26. The highest BCUT2D eigenvalue weighted by Gasteiger charge is 2.14. The van der Waals surface area contributed by atoms with E-state index < -0.39 is 0 Å². The molecule has 194 valence electrons. The van der Waals surface area contributed by atoms with Crippen LogP contribution in [0.1, 0.15) is 32.1 Å². The Morgan fingerprint density at radius 3 is 2.59 bits per heavy atom. The van der Waals surface area contributed by atoms with Crippen molar-refractivity contribution in [2.24, 2.45) is 5.10 Å². The van der Waals surface area contributed by atoms with Crippen LogP contribution in [0.5, 0.6) is 5.75 Å². The molecular formula is C30H25N5O3S. The van der Waals surface area contributed by atoms with Gasteiger partial charge in [0.1, 0.15) is 17.4 Å². The smallest absolute Gasteiger partial charge is 0.257 e. The van der Waals surface area contributed by atoms with Gasteiger partial charge in [0.05, 0.1) is 12.6 Å². The second-order valence-corrected chi connectivity index (χ2v) is 9.77. The lowest BCUT2D eigenvalue weighted by Crippen LogP contribution is -2.19. The summed E-state index contributed by atoms with van der Waals surface area (Å²) in [5.74, 6) is 0.0288. The average molecular weight is 536 g/mol. The van der Waals surface area contributed by atoms with Crippen LogP contribution in [0.4, 0.5) is 5.13 Å². The van der Waals surface area contributed by atoms with Gasteiger partial charge in [-0.3, -0.25) is 14.9 Å². The number of nitrogens with zero attached hydrogens (tertiary/aromatic N) is 3. The Morgan fingerprint density at radius 2 is 1.69 bits per heavy atom. The monoisotopic (exact) mass is 535 g/mol. The number of aromatic nitrogens is 2. The molecule has 0 aliphatic heterocycles. The van der Waals surface area contributed by atoms with Crippen molar-refractivity contribution in [3.8, 4) is 5.75 Å². The standard InChI is InChI=1S/C30H25N5O3S/c1-20-9-2-5-14-24(20)29(37)32-30-35-34-28(39-30)17-27(36)33-31-18-22-11-4-7-16-26(22)38-19-23-13-8-12-21-10-3-6-15-25(21)23/h2-16,18H,17,19H2,1H3,(H,33,36)(H,32,35,37)/b31-18-. The van der Waals surface area contributed by atoms with Crippen molar-refractivity contribution in [3.05, 3.63) is 118 Å². The maximum absolute atomic E-state index is 12.5. The Labute approximate surface area is 229 Å². The quantitative estimate of drug-likeness (QED) is 0.191. The first kappa shape index (κ1) is 25.7. The van der Waals surface area contributed by atoms with Crippen LogP contribution in [0.2, 0.25) is 0 Å². The third-order valence-corrected chi connectivity index (χ3v) is 6.80. The molecule has 9 heteroatoms. The van der Waals surface area contributed by atoms with Crippen molar-refractivity contribution < 1.29 is 14.3 Å². The zero-order valence-electron chi connectivity index (χ0n) is 21.1. The molecule has 5 rings (SSSR count). The molecule has 5 aromatic rings. The number of rotatable bonds is 9. The van der Waals surface area contributed by atoms with E-state index in [1.807, 2.05) is 67.6 Å². The van der Waals surface area contributed by atoms with E-state index in [1.165, 1.54) is 0 Å². The van der Waals surface area contributed by atoms with Crippen molar-refractivity contribution >= 4 is 45.3 Å². The van der Waals surface area contributed by atoms with E-state index in [0.717, 1.165) is 38.8 Å². The van der Waals surface area contributed by atoms with Crippen LogP contribution in [-0.2, 0) is 17.8 Å². The molecule has 2 N–H and O–H groups in total. The van der Waals surface area contributed by atoms with Crippen LogP contribution in [0.25, 0.3) is 10.8 Å². The van der Waals surface area contributed by atoms with Gasteiger partial charge < -0.3 is 4.74 Å². The number of ether oxygens (including phenoxy) is 1. The largest absolute Gasteiger partial charge is 0.488 e. The molecule has 0 atom stereocenters. The SMILES string of the molecule is Cc1ccccc1C(=O)Nc1nnc(CC(=O)N/N=C\c2ccccc2OCc2cccc3ccccc23)s1. The molecule has 0 saturated carbocycles. The van der Waals surface area contributed by atoms with Crippen molar-refractivity contribution in [3.63, 3.8) is 0 Å². The highest BCUT2D eigenvalue weighted by Crippen LogP contribution is 2.22. The van der Waals surface area contributed by atoms with Gasteiger partial charge in [-0.05, 0) is 47.0 Å². The van der Waals surface area contributed by atoms with E-state index in [9.17, 15) is 9.59 Å². The van der Waals surface area contributed by atoms with Gasteiger partial charge in [0.2, 0.25) is 11.0 Å². The van der Waals surface area contributed by atoms with Crippen molar-refractivity contribution in [1.29, 1.82) is 0 Å². The van der Waals surface area contributed by atoms with Crippen LogP contribution in [0.3, 0.4) is 0 Å². The third-order valence-electron chi connectivity index (χ3n) is 5.96. The minimum absolute atomic E-state index is 0.0194. The second kappa shape index (κ2) is 12.1. The molecule has 2 amide bonds. The minimum Gasteiger partial charge on any atom is -0.488 e. The van der Waals surface area contributed by atoms with Crippen LogP contribution < -0.4 is 15.5 Å². The molecule has 4 aromatic carbocycles. The van der Waals surface area contributed by atoms with Crippen molar-refractivity contribution in [1.82, 2.24) is 15.6 Å². The summed E-state index contributed by atoms with van der Waals surface area (Å²) in [7, 11) is 0. The van der Waals surface area contributed by atoms with Gasteiger partial charge in [-0.15, -0.1) is 10.2 Å². The highest BCUT2D eigenvalue weighted by molar-refractivity contribution is 7.15. The first-order chi connectivity index (χ1) is 19.1. The van der Waals surface area contributed by atoms with Gasteiger partial charge in [-0.1, -0.05) is 84.1 Å². The summed E-state index contributed by atoms with van der Waals surface area (Å²) in [4.78, 5) is 24.9. The highest BCUT2D eigenvalue weighted by atomic mass is 32.1. The predicted octanol–water partition coefficient (Wildman–Crippen LogP) is 5.52. The first-order valence-electron chi connectivity index (χ1n) is 12.3. The van der Waals surface area contributed by atoms with Crippen LogP contribution in [0.15, 0.2) is 96.1 Å². The van der Waals surface area contributed by atoms with Crippen molar-refractivity contribution in [2.45, 2.75) is 20.0 Å². The molecule has 8 nitrogen and oxygen atoms in total. The summed E-state index contributed by atoms with van der Waals surface area (Å²) in [5.41, 5.74) is 5.75. The molecule has 0 unspecified atom stereocenters.